The molecule has 2 nitrogen and oxygen atoms in total. The van der Waals surface area contributed by atoms with Crippen LogP contribution < -0.4 is 0 Å². The first-order chi connectivity index (χ1) is 6.75. The summed E-state index contributed by atoms with van der Waals surface area (Å²) in [5.41, 5.74) is 0.668. The number of hydrogen-bond donors (Lipinski definition) is 0. The Bertz CT molecular complexity index is 291. The van der Waals surface area contributed by atoms with Crippen LogP contribution in [0.15, 0.2) is 21.4 Å². The maximum Gasteiger partial charge on any atom is 0.179 e. The number of furan rings is 1. The highest BCUT2D eigenvalue weighted by Crippen LogP contribution is 2.20. The van der Waals surface area contributed by atoms with Gasteiger partial charge >= 0.3 is 0 Å². The molecule has 0 spiro atoms. The van der Waals surface area contributed by atoms with E-state index in [1.54, 1.807) is 6.07 Å². The molecule has 0 atom stereocenters. The Balaban J connectivity index is 2.32. The molecule has 0 radical (unpaired) electrons. The van der Waals surface area contributed by atoms with E-state index in [1.807, 2.05) is 0 Å². The van der Waals surface area contributed by atoms with Gasteiger partial charge in [0.1, 0.15) is 0 Å². The molecule has 0 bridgehead atoms. The topological polar surface area (TPSA) is 30.2 Å². The predicted octanol–water partition coefficient (Wildman–Crippen LogP) is 4.20. The van der Waals surface area contributed by atoms with Crippen molar-refractivity contribution in [3.05, 3.63) is 22.6 Å². The molecule has 0 N–H and O–H groups in total. The molecule has 0 saturated heterocycles. The maximum absolute atomic E-state index is 11.6. The van der Waals surface area contributed by atoms with Crippen LogP contribution >= 0.6 is 15.9 Å². The minimum Gasteiger partial charge on any atom is -0.457 e. The summed E-state index contributed by atoms with van der Waals surface area (Å²) in [5.74, 6) is 0.168. The van der Waals surface area contributed by atoms with E-state index >= 15 is 0 Å². The molecule has 1 rings (SSSR count). The van der Waals surface area contributed by atoms with Crippen LogP contribution in [0.1, 0.15) is 49.4 Å². The Morgan fingerprint density at radius 1 is 1.43 bits per heavy atom. The number of hydrogen-bond acceptors (Lipinski definition) is 2. The maximum atomic E-state index is 11.6. The zero-order valence-electron chi connectivity index (χ0n) is 8.38. The average Bonchev–Trinajstić information content (AvgIpc) is 2.59. The molecule has 0 fully saturated rings. The van der Waals surface area contributed by atoms with Gasteiger partial charge in [-0.1, -0.05) is 26.2 Å². The van der Waals surface area contributed by atoms with Gasteiger partial charge < -0.3 is 4.42 Å². The smallest absolute Gasteiger partial charge is 0.179 e. The first-order valence-corrected chi connectivity index (χ1v) is 5.81. The molecule has 0 aliphatic heterocycles. The second kappa shape index (κ2) is 6.02. The van der Waals surface area contributed by atoms with Crippen LogP contribution in [-0.4, -0.2) is 5.78 Å². The van der Waals surface area contributed by atoms with Crippen molar-refractivity contribution in [2.45, 2.75) is 39.0 Å². The van der Waals surface area contributed by atoms with Crippen molar-refractivity contribution in [2.24, 2.45) is 0 Å². The van der Waals surface area contributed by atoms with Gasteiger partial charge in [0.15, 0.2) is 10.5 Å². The summed E-state index contributed by atoms with van der Waals surface area (Å²) in [6.07, 6.45) is 6.67. The summed E-state index contributed by atoms with van der Waals surface area (Å²) >= 11 is 3.20. The van der Waals surface area contributed by atoms with Crippen molar-refractivity contribution in [1.29, 1.82) is 0 Å². The van der Waals surface area contributed by atoms with E-state index in [0.717, 1.165) is 12.8 Å². The first-order valence-electron chi connectivity index (χ1n) is 5.02. The van der Waals surface area contributed by atoms with E-state index in [0.29, 0.717) is 16.7 Å². The van der Waals surface area contributed by atoms with Crippen molar-refractivity contribution in [2.75, 3.05) is 0 Å². The lowest BCUT2D eigenvalue weighted by molar-refractivity contribution is 0.0977. The van der Waals surface area contributed by atoms with E-state index in [-0.39, 0.29) is 5.78 Å². The van der Waals surface area contributed by atoms with Gasteiger partial charge in [-0.05, 0) is 28.4 Å². The first kappa shape index (κ1) is 11.5. The second-order valence-corrected chi connectivity index (χ2v) is 4.06. The summed E-state index contributed by atoms with van der Waals surface area (Å²) in [6, 6.07) is 1.71. The molecule has 0 aliphatic rings. The van der Waals surface area contributed by atoms with Crippen LogP contribution in [0.2, 0.25) is 0 Å². The fourth-order valence-electron chi connectivity index (χ4n) is 1.34. The van der Waals surface area contributed by atoms with Crippen LogP contribution in [0.5, 0.6) is 0 Å². The van der Waals surface area contributed by atoms with Gasteiger partial charge in [0.25, 0.3) is 0 Å². The van der Waals surface area contributed by atoms with Gasteiger partial charge in [0, 0.05) is 6.42 Å². The standard InChI is InChI=1S/C11H15BrO2/c1-2-3-4-5-6-10(13)9-7-8-14-11(9)12/h7-8H,2-6H2,1H3. The molecule has 1 aromatic rings. The number of halogens is 1. The van der Waals surface area contributed by atoms with Gasteiger partial charge in [-0.25, -0.2) is 0 Å². The van der Waals surface area contributed by atoms with Crippen LogP contribution in [0.25, 0.3) is 0 Å². The highest BCUT2D eigenvalue weighted by Gasteiger charge is 2.11. The highest BCUT2D eigenvalue weighted by atomic mass is 79.9. The number of unbranched alkanes of at least 4 members (excludes halogenated alkanes) is 3. The lowest BCUT2D eigenvalue weighted by Gasteiger charge is -1.98. The molecule has 0 saturated carbocycles. The van der Waals surface area contributed by atoms with E-state index in [1.165, 1.54) is 19.1 Å². The Hall–Kier alpha value is -0.570. The van der Waals surface area contributed by atoms with Crippen LogP contribution in [0.4, 0.5) is 0 Å². The van der Waals surface area contributed by atoms with Crippen molar-refractivity contribution in [3.8, 4) is 0 Å². The van der Waals surface area contributed by atoms with Gasteiger partial charge in [0.05, 0.1) is 11.8 Å². The number of Topliss-reactive ketones (excluding diaryl/α,β-unsaturated/α-hetero) is 1. The fraction of sp³-hybridized carbons (Fsp3) is 0.545. The van der Waals surface area contributed by atoms with Gasteiger partial charge in [-0.2, -0.15) is 0 Å². The molecule has 0 amide bonds. The highest BCUT2D eigenvalue weighted by molar-refractivity contribution is 9.10. The zero-order valence-corrected chi connectivity index (χ0v) is 9.97. The number of rotatable bonds is 6. The summed E-state index contributed by atoms with van der Waals surface area (Å²) < 4.78 is 5.56. The van der Waals surface area contributed by atoms with E-state index in [9.17, 15) is 4.79 Å². The molecule has 1 aromatic heterocycles. The van der Waals surface area contributed by atoms with Gasteiger partial charge in [-0.3, -0.25) is 4.79 Å². The SMILES string of the molecule is CCCCCCC(=O)c1ccoc1Br. The van der Waals surface area contributed by atoms with Gasteiger partial charge in [-0.15, -0.1) is 0 Å². The monoisotopic (exact) mass is 258 g/mol. The summed E-state index contributed by atoms with van der Waals surface area (Å²) in [4.78, 5) is 11.6. The summed E-state index contributed by atoms with van der Waals surface area (Å²) in [6.45, 7) is 2.16. The largest absolute Gasteiger partial charge is 0.457 e. The lowest BCUT2D eigenvalue weighted by atomic mass is 10.1. The molecule has 0 aliphatic carbocycles. The number of carbonyl (C=O) groups is 1. The van der Waals surface area contributed by atoms with Crippen LogP contribution in [0, 0.1) is 0 Å². The fourth-order valence-corrected chi connectivity index (χ4v) is 1.80. The second-order valence-electron chi connectivity index (χ2n) is 3.34. The van der Waals surface area contributed by atoms with Crippen LogP contribution in [0.3, 0.4) is 0 Å². The third-order valence-electron chi connectivity index (χ3n) is 2.18. The van der Waals surface area contributed by atoms with Crippen LogP contribution in [-0.2, 0) is 0 Å². The number of ketones is 1. The van der Waals surface area contributed by atoms with E-state index in [4.69, 9.17) is 4.42 Å². The van der Waals surface area contributed by atoms with Crippen molar-refractivity contribution >= 4 is 21.7 Å². The normalized spacial score (nSPS) is 10.4. The van der Waals surface area contributed by atoms with Crippen molar-refractivity contribution in [1.82, 2.24) is 0 Å². The Morgan fingerprint density at radius 2 is 2.21 bits per heavy atom. The zero-order chi connectivity index (χ0) is 10.4. The minimum absolute atomic E-state index is 0.168. The molecule has 0 unspecified atom stereocenters. The van der Waals surface area contributed by atoms with Crippen molar-refractivity contribution in [3.63, 3.8) is 0 Å². The Labute approximate surface area is 92.8 Å². The quantitative estimate of drug-likeness (QED) is 0.566. The van der Waals surface area contributed by atoms with Crippen molar-refractivity contribution < 1.29 is 9.21 Å². The third-order valence-corrected chi connectivity index (χ3v) is 2.79. The molecule has 3 heteroatoms. The predicted molar refractivity (Wildman–Crippen MR) is 59.5 cm³/mol. The lowest BCUT2D eigenvalue weighted by Crippen LogP contribution is -1.97. The molecular weight excluding hydrogens is 244 g/mol. The minimum atomic E-state index is 0.168. The number of carbonyl (C=O) groups excluding carboxylic acids is 1. The van der Waals surface area contributed by atoms with E-state index < -0.39 is 0 Å². The Morgan fingerprint density at radius 3 is 2.79 bits per heavy atom. The summed E-state index contributed by atoms with van der Waals surface area (Å²) in [7, 11) is 0. The third kappa shape index (κ3) is 3.29. The molecular formula is C11H15BrO2. The molecule has 0 aromatic carbocycles. The molecule has 14 heavy (non-hydrogen) atoms. The molecule has 78 valence electrons. The van der Waals surface area contributed by atoms with Gasteiger partial charge in [0.2, 0.25) is 0 Å². The average molecular weight is 259 g/mol. The molecule has 1 heterocycles. The van der Waals surface area contributed by atoms with E-state index in [2.05, 4.69) is 22.9 Å². The summed E-state index contributed by atoms with van der Waals surface area (Å²) in [5, 5.41) is 0. The Kier molecular flexibility index (Phi) is 4.94.